The minimum Gasteiger partial charge on any atom is -0.370 e. The van der Waals surface area contributed by atoms with E-state index in [0.29, 0.717) is 44.1 Å². The van der Waals surface area contributed by atoms with Crippen LogP contribution < -0.4 is 10.2 Å². The predicted octanol–water partition coefficient (Wildman–Crippen LogP) is 5.37. The number of amides is 2. The molecule has 2 aromatic rings. The molecule has 1 atom stereocenters. The Bertz CT molecular complexity index is 1190. The average molecular weight is 488 g/mol. The van der Waals surface area contributed by atoms with E-state index in [1.165, 1.54) is 0 Å². The van der Waals surface area contributed by atoms with E-state index in [2.05, 4.69) is 44.0 Å². The zero-order valence-electron chi connectivity index (χ0n) is 22.1. The smallest absolute Gasteiger partial charge is 0.322 e. The van der Waals surface area contributed by atoms with E-state index < -0.39 is 0 Å². The number of nitrogens with one attached hydrogen (secondary N) is 1. The Balaban J connectivity index is 1.44. The van der Waals surface area contributed by atoms with Gasteiger partial charge in [0.05, 0.1) is 29.5 Å². The Morgan fingerprint density at radius 1 is 1.19 bits per heavy atom. The normalized spacial score (nSPS) is 21.2. The lowest BCUT2D eigenvalue weighted by atomic mass is 9.87. The van der Waals surface area contributed by atoms with Gasteiger partial charge in [-0.2, -0.15) is 5.26 Å². The third kappa shape index (κ3) is 4.79. The standard InChI is InChI=1S/C29H37N5O2/c1-18(2)25-16-33(12-13-34(25)28(35)31-21-10-6-19(3)7-11-21)27-23(15-30)22-14-29(4,5)36-17-24(22)26(32-27)20-8-9-20/h6-7,10-11,18,20,25H,8-9,12-14,16-17H2,1-5H3,(H,31,35). The van der Waals surface area contributed by atoms with Gasteiger partial charge < -0.3 is 19.9 Å². The van der Waals surface area contributed by atoms with Crippen LogP contribution in [-0.2, 0) is 17.8 Å². The molecule has 0 spiro atoms. The first kappa shape index (κ1) is 24.6. The van der Waals surface area contributed by atoms with Gasteiger partial charge in [0.15, 0.2) is 0 Å². The number of carbonyl (C=O) groups is 1. The minimum atomic E-state index is -0.300. The van der Waals surface area contributed by atoms with Crippen molar-refractivity contribution < 1.29 is 9.53 Å². The lowest BCUT2D eigenvalue weighted by Gasteiger charge is -2.44. The molecule has 1 aromatic heterocycles. The lowest BCUT2D eigenvalue weighted by Crippen LogP contribution is -2.58. The number of pyridine rings is 1. The van der Waals surface area contributed by atoms with E-state index in [-0.39, 0.29) is 23.6 Å². The largest absolute Gasteiger partial charge is 0.370 e. The van der Waals surface area contributed by atoms with Crippen LogP contribution in [0, 0.1) is 24.2 Å². The number of benzene rings is 1. The highest BCUT2D eigenvalue weighted by atomic mass is 16.5. The number of piperazine rings is 1. The molecule has 2 fully saturated rings. The van der Waals surface area contributed by atoms with Crippen LogP contribution >= 0.6 is 0 Å². The maximum atomic E-state index is 13.3. The number of ether oxygens (including phenoxy) is 1. The summed E-state index contributed by atoms with van der Waals surface area (Å²) in [7, 11) is 0. The van der Waals surface area contributed by atoms with Crippen LogP contribution in [0.1, 0.15) is 74.4 Å². The van der Waals surface area contributed by atoms with E-state index >= 15 is 0 Å². The number of nitriles is 1. The van der Waals surface area contributed by atoms with Gasteiger partial charge in [0.25, 0.3) is 0 Å². The van der Waals surface area contributed by atoms with Crippen molar-refractivity contribution in [2.75, 3.05) is 29.9 Å². The van der Waals surface area contributed by atoms with Crippen LogP contribution in [0.4, 0.5) is 16.3 Å². The summed E-state index contributed by atoms with van der Waals surface area (Å²) >= 11 is 0. The van der Waals surface area contributed by atoms with Crippen LogP contribution in [0.3, 0.4) is 0 Å². The van der Waals surface area contributed by atoms with Crippen LogP contribution in [0.5, 0.6) is 0 Å². The van der Waals surface area contributed by atoms with Crippen molar-refractivity contribution in [3.8, 4) is 6.07 Å². The number of rotatable bonds is 4. The fourth-order valence-corrected chi connectivity index (χ4v) is 5.48. The first-order valence-corrected chi connectivity index (χ1v) is 13.2. The molecule has 1 aromatic carbocycles. The summed E-state index contributed by atoms with van der Waals surface area (Å²) in [6.07, 6.45) is 3.01. The second-order valence-corrected chi connectivity index (χ2v) is 11.5. The zero-order chi connectivity index (χ0) is 25.6. The number of hydrogen-bond acceptors (Lipinski definition) is 5. The second-order valence-electron chi connectivity index (χ2n) is 11.5. The van der Waals surface area contributed by atoms with Crippen LogP contribution in [0.15, 0.2) is 24.3 Å². The van der Waals surface area contributed by atoms with Gasteiger partial charge in [0, 0.05) is 43.2 Å². The molecule has 1 N–H and O–H groups in total. The highest BCUT2D eigenvalue weighted by Crippen LogP contribution is 2.46. The van der Waals surface area contributed by atoms with E-state index in [1.54, 1.807) is 0 Å². The molecule has 1 saturated heterocycles. The minimum absolute atomic E-state index is 0.0118. The molecular weight excluding hydrogens is 450 g/mol. The molecule has 0 radical (unpaired) electrons. The average Bonchev–Trinajstić information content (AvgIpc) is 3.69. The topological polar surface area (TPSA) is 81.5 Å². The van der Waals surface area contributed by atoms with Crippen LogP contribution in [0.25, 0.3) is 0 Å². The predicted molar refractivity (Wildman–Crippen MR) is 141 cm³/mol. The van der Waals surface area contributed by atoms with E-state index in [1.807, 2.05) is 36.1 Å². The molecule has 1 aliphatic carbocycles. The van der Waals surface area contributed by atoms with Crippen molar-refractivity contribution >= 4 is 17.5 Å². The Labute approximate surface area is 214 Å². The number of anilines is 2. The van der Waals surface area contributed by atoms with Gasteiger partial charge in [-0.05, 0) is 57.2 Å². The van der Waals surface area contributed by atoms with E-state index in [4.69, 9.17) is 9.72 Å². The Morgan fingerprint density at radius 3 is 2.56 bits per heavy atom. The molecule has 5 rings (SSSR count). The SMILES string of the molecule is Cc1ccc(NC(=O)N2CCN(c3nc(C4CC4)c4c(c3C#N)CC(C)(C)OC4)CC2C(C)C)cc1. The van der Waals surface area contributed by atoms with Crippen molar-refractivity contribution in [3.05, 3.63) is 52.2 Å². The van der Waals surface area contributed by atoms with Gasteiger partial charge in [-0.1, -0.05) is 31.5 Å². The van der Waals surface area contributed by atoms with Gasteiger partial charge in [-0.25, -0.2) is 9.78 Å². The summed E-state index contributed by atoms with van der Waals surface area (Å²) in [5.74, 6) is 1.52. The molecule has 1 unspecified atom stereocenters. The van der Waals surface area contributed by atoms with Gasteiger partial charge >= 0.3 is 6.03 Å². The lowest BCUT2D eigenvalue weighted by molar-refractivity contribution is -0.0407. The van der Waals surface area contributed by atoms with Crippen LogP contribution in [0.2, 0.25) is 0 Å². The van der Waals surface area contributed by atoms with Crippen molar-refractivity contribution in [1.82, 2.24) is 9.88 Å². The molecule has 7 nitrogen and oxygen atoms in total. The number of hydrogen-bond donors (Lipinski definition) is 1. The highest BCUT2D eigenvalue weighted by Gasteiger charge is 2.39. The fourth-order valence-electron chi connectivity index (χ4n) is 5.48. The number of fused-ring (bicyclic) bond motifs is 1. The van der Waals surface area contributed by atoms with Gasteiger partial charge in [0.1, 0.15) is 11.9 Å². The van der Waals surface area contributed by atoms with Crippen molar-refractivity contribution in [1.29, 1.82) is 5.26 Å². The second kappa shape index (κ2) is 9.40. The first-order valence-electron chi connectivity index (χ1n) is 13.2. The molecule has 2 aliphatic heterocycles. The number of nitrogens with zero attached hydrogens (tertiary/aromatic N) is 4. The van der Waals surface area contributed by atoms with Gasteiger partial charge in [0.2, 0.25) is 0 Å². The number of aromatic nitrogens is 1. The molecule has 1 saturated carbocycles. The van der Waals surface area contributed by atoms with Crippen LogP contribution in [-0.4, -0.2) is 47.2 Å². The summed E-state index contributed by atoms with van der Waals surface area (Å²) in [6.45, 7) is 12.9. The summed E-state index contributed by atoms with van der Waals surface area (Å²) in [5, 5.41) is 13.4. The third-order valence-corrected chi connectivity index (χ3v) is 7.76. The van der Waals surface area contributed by atoms with E-state index in [9.17, 15) is 10.1 Å². The quantitative estimate of drug-likeness (QED) is 0.627. The monoisotopic (exact) mass is 487 g/mol. The molecule has 190 valence electrons. The molecule has 36 heavy (non-hydrogen) atoms. The van der Waals surface area contributed by atoms with Crippen molar-refractivity contribution in [2.45, 2.75) is 78.0 Å². The Hall–Kier alpha value is -3.11. The molecule has 7 heteroatoms. The summed E-state index contributed by atoms with van der Waals surface area (Å²) in [4.78, 5) is 22.6. The van der Waals surface area contributed by atoms with Crippen molar-refractivity contribution in [2.24, 2.45) is 5.92 Å². The molecule has 3 heterocycles. The third-order valence-electron chi connectivity index (χ3n) is 7.76. The highest BCUT2D eigenvalue weighted by molar-refractivity contribution is 5.89. The molecule has 3 aliphatic rings. The summed E-state index contributed by atoms with van der Waals surface area (Å²) in [5.41, 5.74) is 5.71. The number of aryl methyl sites for hydroxylation is 1. The maximum absolute atomic E-state index is 13.3. The Kier molecular flexibility index (Phi) is 6.42. The Morgan fingerprint density at radius 2 is 1.92 bits per heavy atom. The van der Waals surface area contributed by atoms with Crippen molar-refractivity contribution in [3.63, 3.8) is 0 Å². The zero-order valence-corrected chi connectivity index (χ0v) is 22.1. The first-order chi connectivity index (χ1) is 17.2. The fraction of sp³-hybridized carbons (Fsp3) is 0.552. The summed E-state index contributed by atoms with van der Waals surface area (Å²) in [6, 6.07) is 10.3. The maximum Gasteiger partial charge on any atom is 0.322 e. The number of carbonyl (C=O) groups excluding carboxylic acids is 1. The van der Waals surface area contributed by atoms with Gasteiger partial charge in [-0.3, -0.25) is 0 Å². The molecular formula is C29H37N5O2. The summed E-state index contributed by atoms with van der Waals surface area (Å²) < 4.78 is 6.13. The molecule has 2 amide bonds. The van der Waals surface area contributed by atoms with Gasteiger partial charge in [-0.15, -0.1) is 0 Å². The number of urea groups is 1. The van der Waals surface area contributed by atoms with E-state index in [0.717, 1.165) is 46.7 Å². The molecule has 0 bridgehead atoms.